The lowest BCUT2D eigenvalue weighted by Gasteiger charge is -2.14. The Morgan fingerprint density at radius 3 is 2.83 bits per heavy atom. The predicted octanol–water partition coefficient (Wildman–Crippen LogP) is 3.20. The van der Waals surface area contributed by atoms with Gasteiger partial charge in [0.15, 0.2) is 11.5 Å². The van der Waals surface area contributed by atoms with Crippen molar-refractivity contribution < 1.29 is 4.74 Å². The zero-order chi connectivity index (χ0) is 20.2. The molecule has 0 fully saturated rings. The van der Waals surface area contributed by atoms with E-state index in [-0.39, 0.29) is 5.37 Å². The third-order valence-corrected chi connectivity index (χ3v) is 6.34. The van der Waals surface area contributed by atoms with Crippen molar-refractivity contribution in [3.05, 3.63) is 59.7 Å². The van der Waals surface area contributed by atoms with Gasteiger partial charge in [-0.3, -0.25) is 0 Å². The molecule has 10 heteroatoms. The van der Waals surface area contributed by atoms with E-state index in [9.17, 15) is 0 Å². The van der Waals surface area contributed by atoms with Crippen molar-refractivity contribution >= 4 is 28.3 Å². The third kappa shape index (κ3) is 2.47. The highest BCUT2D eigenvalue weighted by atomic mass is 32.2. The molecule has 9 nitrogen and oxygen atoms in total. The lowest BCUT2D eigenvalue weighted by atomic mass is 10.1. The number of benzene rings is 2. The van der Waals surface area contributed by atoms with Crippen LogP contribution in [0.25, 0.3) is 27.9 Å². The van der Waals surface area contributed by atoms with Gasteiger partial charge in [0.2, 0.25) is 5.16 Å². The van der Waals surface area contributed by atoms with E-state index in [0.29, 0.717) is 5.65 Å². The second-order valence-corrected chi connectivity index (χ2v) is 8.09. The maximum Gasteiger partial charge on any atom is 0.212 e. The largest absolute Gasteiger partial charge is 0.497 e. The van der Waals surface area contributed by atoms with Crippen molar-refractivity contribution in [1.29, 1.82) is 0 Å². The molecule has 0 saturated heterocycles. The summed E-state index contributed by atoms with van der Waals surface area (Å²) in [5.74, 6) is 1.57. The van der Waals surface area contributed by atoms with E-state index >= 15 is 0 Å². The molecule has 0 bridgehead atoms. The lowest BCUT2D eigenvalue weighted by molar-refractivity contribution is 0.415. The van der Waals surface area contributed by atoms with Crippen molar-refractivity contribution in [3.63, 3.8) is 0 Å². The van der Waals surface area contributed by atoms with Crippen LogP contribution in [-0.4, -0.2) is 42.0 Å². The Kier molecular flexibility index (Phi) is 3.69. The van der Waals surface area contributed by atoms with Crippen LogP contribution in [0.15, 0.2) is 53.7 Å². The van der Waals surface area contributed by atoms with Gasteiger partial charge >= 0.3 is 0 Å². The number of hydrogen-bond donors (Lipinski definition) is 1. The van der Waals surface area contributed by atoms with Gasteiger partial charge in [0.25, 0.3) is 0 Å². The second kappa shape index (κ2) is 6.42. The van der Waals surface area contributed by atoms with Crippen LogP contribution in [0.3, 0.4) is 0 Å². The monoisotopic (exact) mass is 416 g/mol. The van der Waals surface area contributed by atoms with E-state index < -0.39 is 0 Å². The molecular formula is C20H16N8OS. The first kappa shape index (κ1) is 17.2. The summed E-state index contributed by atoms with van der Waals surface area (Å²) in [6.07, 6.45) is 0. The van der Waals surface area contributed by atoms with E-state index in [2.05, 4.69) is 56.3 Å². The number of tetrazole rings is 1. The molecule has 0 radical (unpaired) electrons. The van der Waals surface area contributed by atoms with Crippen LogP contribution in [-0.2, 0) is 0 Å². The number of rotatable bonds is 3. The Morgan fingerprint density at radius 2 is 1.97 bits per heavy atom. The first-order chi connectivity index (χ1) is 14.7. The summed E-state index contributed by atoms with van der Waals surface area (Å²) < 4.78 is 9.09. The molecule has 1 unspecified atom stereocenters. The minimum atomic E-state index is -0.109. The normalized spacial score (nSPS) is 15.5. The summed E-state index contributed by atoms with van der Waals surface area (Å²) in [6, 6.07) is 16.1. The minimum Gasteiger partial charge on any atom is -0.497 e. The maximum atomic E-state index is 5.39. The molecule has 1 atom stereocenters. The Labute approximate surface area is 175 Å². The topological polar surface area (TPSA) is 95.0 Å². The standard InChI is InChI=1S/C20H16N8OS/c1-11-5-3-4-6-14(11)17-21-23-20-28(17)24-19(30-20)15-10-12-9-13(29-2)7-8-16(12)27-18(15)22-25-26-27/h3-10,19,24H,1-2H3. The van der Waals surface area contributed by atoms with Gasteiger partial charge in [0.1, 0.15) is 11.1 Å². The highest BCUT2D eigenvalue weighted by Gasteiger charge is 2.31. The van der Waals surface area contributed by atoms with Gasteiger partial charge in [-0.25, -0.2) is 4.68 Å². The Hall–Kier alpha value is -3.66. The third-order valence-electron chi connectivity index (χ3n) is 5.27. The molecule has 3 aromatic heterocycles. The van der Waals surface area contributed by atoms with Crippen LogP contribution >= 0.6 is 11.8 Å². The highest BCUT2D eigenvalue weighted by molar-refractivity contribution is 7.99. The highest BCUT2D eigenvalue weighted by Crippen LogP contribution is 2.42. The smallest absolute Gasteiger partial charge is 0.212 e. The Bertz CT molecular complexity index is 1430. The quantitative estimate of drug-likeness (QED) is 0.479. The van der Waals surface area contributed by atoms with Gasteiger partial charge in [-0.05, 0) is 47.2 Å². The molecule has 1 aliphatic heterocycles. The molecule has 6 rings (SSSR count). The maximum absolute atomic E-state index is 5.39. The van der Waals surface area contributed by atoms with Crippen LogP contribution in [0.2, 0.25) is 0 Å². The molecular weight excluding hydrogens is 400 g/mol. The lowest BCUT2D eigenvalue weighted by Crippen LogP contribution is -2.15. The van der Waals surface area contributed by atoms with Crippen LogP contribution in [0, 0.1) is 6.92 Å². The number of aryl methyl sites for hydroxylation is 1. The van der Waals surface area contributed by atoms with Crippen molar-refractivity contribution in [3.8, 4) is 17.1 Å². The molecule has 0 aliphatic carbocycles. The number of hydrogen-bond acceptors (Lipinski definition) is 8. The number of thioether (sulfide) groups is 1. The summed E-state index contributed by atoms with van der Waals surface area (Å²) in [5, 5.41) is 22.8. The van der Waals surface area contributed by atoms with E-state index in [0.717, 1.165) is 44.3 Å². The molecule has 2 aromatic carbocycles. The SMILES string of the molecule is COc1ccc2c(c1)cc(C1Nn3c(nnc3-c3ccccc3C)S1)c1nnnn12. The van der Waals surface area contributed by atoms with Crippen LogP contribution in [0.4, 0.5) is 0 Å². The number of pyridine rings is 1. The number of ether oxygens (including phenoxy) is 1. The fourth-order valence-electron chi connectivity index (χ4n) is 3.77. The molecule has 1 aliphatic rings. The number of fused-ring (bicyclic) bond motifs is 4. The fourth-order valence-corrected chi connectivity index (χ4v) is 4.77. The fraction of sp³-hybridized carbons (Fsp3) is 0.150. The van der Waals surface area contributed by atoms with Crippen molar-refractivity contribution in [2.75, 3.05) is 12.5 Å². The zero-order valence-electron chi connectivity index (χ0n) is 16.1. The number of aromatic nitrogens is 7. The minimum absolute atomic E-state index is 0.109. The van der Waals surface area contributed by atoms with Gasteiger partial charge < -0.3 is 10.2 Å². The molecule has 0 amide bonds. The summed E-state index contributed by atoms with van der Waals surface area (Å²) in [7, 11) is 1.66. The van der Waals surface area contributed by atoms with Gasteiger partial charge in [0, 0.05) is 16.5 Å². The van der Waals surface area contributed by atoms with E-state index in [1.165, 1.54) is 0 Å². The van der Waals surface area contributed by atoms with Crippen LogP contribution in [0.1, 0.15) is 16.5 Å². The predicted molar refractivity (Wildman–Crippen MR) is 113 cm³/mol. The zero-order valence-corrected chi connectivity index (χ0v) is 17.0. The van der Waals surface area contributed by atoms with Crippen molar-refractivity contribution in [2.45, 2.75) is 17.5 Å². The van der Waals surface area contributed by atoms with Gasteiger partial charge in [-0.1, -0.05) is 36.0 Å². The first-order valence-electron chi connectivity index (χ1n) is 9.36. The number of nitrogens with one attached hydrogen (secondary N) is 1. The average Bonchev–Trinajstić information content (AvgIpc) is 3.49. The Morgan fingerprint density at radius 1 is 1.07 bits per heavy atom. The molecule has 1 N–H and O–H groups in total. The summed E-state index contributed by atoms with van der Waals surface area (Å²) in [6.45, 7) is 2.07. The molecule has 30 heavy (non-hydrogen) atoms. The Balaban J connectivity index is 1.46. The van der Waals surface area contributed by atoms with Crippen molar-refractivity contribution in [2.24, 2.45) is 0 Å². The van der Waals surface area contributed by atoms with E-state index in [1.807, 2.05) is 35.0 Å². The van der Waals surface area contributed by atoms with Crippen LogP contribution < -0.4 is 10.2 Å². The number of nitrogens with zero attached hydrogens (tertiary/aromatic N) is 7. The summed E-state index contributed by atoms with van der Waals surface area (Å²) >= 11 is 1.59. The molecule has 148 valence electrons. The summed E-state index contributed by atoms with van der Waals surface area (Å²) in [4.78, 5) is 0. The van der Waals surface area contributed by atoms with Crippen LogP contribution in [0.5, 0.6) is 5.75 Å². The number of methoxy groups -OCH3 is 1. The first-order valence-corrected chi connectivity index (χ1v) is 10.2. The summed E-state index contributed by atoms with van der Waals surface area (Å²) in [5.41, 5.74) is 8.29. The molecule has 5 aromatic rings. The molecule has 4 heterocycles. The van der Waals surface area contributed by atoms with Crippen molar-refractivity contribution in [1.82, 2.24) is 34.9 Å². The van der Waals surface area contributed by atoms with Gasteiger partial charge in [-0.2, -0.15) is 4.52 Å². The van der Waals surface area contributed by atoms with Gasteiger partial charge in [0.05, 0.1) is 12.6 Å². The van der Waals surface area contributed by atoms with E-state index in [4.69, 9.17) is 4.74 Å². The van der Waals surface area contributed by atoms with E-state index in [1.54, 1.807) is 23.4 Å². The molecule has 0 spiro atoms. The van der Waals surface area contributed by atoms with Gasteiger partial charge in [-0.15, -0.1) is 15.3 Å². The second-order valence-electron chi connectivity index (χ2n) is 7.02. The molecule has 0 saturated carbocycles. The average molecular weight is 416 g/mol.